The van der Waals surface area contributed by atoms with Crippen LogP contribution < -0.4 is 0 Å². The summed E-state index contributed by atoms with van der Waals surface area (Å²) in [4.78, 5) is 2.60. The molecule has 1 nitrogen and oxygen atoms in total. The van der Waals surface area contributed by atoms with Gasteiger partial charge in [0, 0.05) is 0 Å². The lowest BCUT2D eigenvalue weighted by Crippen LogP contribution is -2.24. The topological polar surface area (TPSA) is 3.24 Å². The Labute approximate surface area is 83.5 Å². The molecule has 0 amide bonds. The molecule has 1 aliphatic heterocycles. The minimum absolute atomic E-state index is 1.04. The number of hydrogen-bond donors (Lipinski definition) is 0. The smallest absolute Gasteiger partial charge is 0.00162 e. The molecule has 1 heteroatoms. The second kappa shape index (κ2) is 6.42. The second-order valence-corrected chi connectivity index (χ2v) is 4.37. The Morgan fingerprint density at radius 2 is 2.00 bits per heavy atom. The maximum Gasteiger partial charge on any atom is -0.00162 e. The molecule has 1 aliphatic rings. The van der Waals surface area contributed by atoms with Crippen molar-refractivity contribution in [3.05, 3.63) is 0 Å². The lowest BCUT2D eigenvalue weighted by atomic mass is 9.95. The monoisotopic (exact) mass is 183 g/mol. The molecule has 0 saturated carbocycles. The highest BCUT2D eigenvalue weighted by Gasteiger charge is 2.14. The van der Waals surface area contributed by atoms with Gasteiger partial charge in [-0.3, -0.25) is 0 Å². The molecule has 0 spiro atoms. The van der Waals surface area contributed by atoms with Crippen LogP contribution in [-0.4, -0.2) is 24.5 Å². The van der Waals surface area contributed by atoms with Crippen LogP contribution >= 0.6 is 0 Å². The molecule has 13 heavy (non-hydrogen) atoms. The zero-order valence-corrected chi connectivity index (χ0v) is 9.39. The molecule has 0 N–H and O–H groups in total. The van der Waals surface area contributed by atoms with Gasteiger partial charge in [0.05, 0.1) is 0 Å². The van der Waals surface area contributed by atoms with Crippen molar-refractivity contribution in [1.29, 1.82) is 0 Å². The summed E-state index contributed by atoms with van der Waals surface area (Å²) in [5.74, 6) is 1.04. The van der Waals surface area contributed by atoms with Gasteiger partial charge in [-0.15, -0.1) is 0 Å². The van der Waals surface area contributed by atoms with E-state index in [9.17, 15) is 0 Å². The van der Waals surface area contributed by atoms with E-state index < -0.39 is 0 Å². The number of hydrogen-bond acceptors (Lipinski definition) is 1. The van der Waals surface area contributed by atoms with E-state index in [0.29, 0.717) is 0 Å². The Hall–Kier alpha value is -0.0400. The molecule has 1 saturated heterocycles. The van der Waals surface area contributed by atoms with Crippen LogP contribution in [0.5, 0.6) is 0 Å². The van der Waals surface area contributed by atoms with Gasteiger partial charge in [0.1, 0.15) is 0 Å². The average Bonchev–Trinajstić information content (AvgIpc) is 2.39. The van der Waals surface area contributed by atoms with Gasteiger partial charge >= 0.3 is 0 Å². The molecule has 78 valence electrons. The van der Waals surface area contributed by atoms with E-state index >= 15 is 0 Å². The van der Waals surface area contributed by atoms with Gasteiger partial charge in [-0.25, -0.2) is 0 Å². The summed E-state index contributed by atoms with van der Waals surface area (Å²) in [6.45, 7) is 8.53. The Balaban J connectivity index is 2.19. The van der Waals surface area contributed by atoms with Gasteiger partial charge in [-0.05, 0) is 44.8 Å². The fraction of sp³-hybridized carbons (Fsp3) is 1.00. The van der Waals surface area contributed by atoms with E-state index in [0.717, 1.165) is 5.92 Å². The molecule has 0 bridgehead atoms. The van der Waals surface area contributed by atoms with Crippen molar-refractivity contribution >= 4 is 0 Å². The van der Waals surface area contributed by atoms with E-state index in [1.165, 1.54) is 58.2 Å². The van der Waals surface area contributed by atoms with Gasteiger partial charge in [0.15, 0.2) is 0 Å². The minimum atomic E-state index is 1.04. The third kappa shape index (κ3) is 4.12. The van der Waals surface area contributed by atoms with Crippen LogP contribution in [0.2, 0.25) is 0 Å². The van der Waals surface area contributed by atoms with Crippen LogP contribution in [0.1, 0.15) is 52.4 Å². The van der Waals surface area contributed by atoms with Crippen LogP contribution in [0.4, 0.5) is 0 Å². The summed E-state index contributed by atoms with van der Waals surface area (Å²) >= 11 is 0. The van der Waals surface area contributed by atoms with Crippen LogP contribution in [0.15, 0.2) is 0 Å². The summed E-state index contributed by atoms with van der Waals surface area (Å²) in [6, 6.07) is 0. The Bertz CT molecular complexity index is 122. The first-order chi connectivity index (χ1) is 6.36. The standard InChI is InChI=1S/C12H25N/c1-3-5-7-12-8-6-10-13(4-2)11-9-12/h12H,3-11H2,1-2H3. The van der Waals surface area contributed by atoms with E-state index in [1.54, 1.807) is 0 Å². The van der Waals surface area contributed by atoms with Crippen molar-refractivity contribution in [3.63, 3.8) is 0 Å². The highest BCUT2D eigenvalue weighted by Crippen LogP contribution is 2.22. The van der Waals surface area contributed by atoms with Gasteiger partial charge in [-0.2, -0.15) is 0 Å². The molecule has 0 aromatic heterocycles. The molecule has 1 rings (SSSR count). The fourth-order valence-electron chi connectivity index (χ4n) is 2.32. The normalized spacial score (nSPS) is 25.8. The largest absolute Gasteiger partial charge is 0.304 e. The number of nitrogens with zero attached hydrogens (tertiary/aromatic N) is 1. The Morgan fingerprint density at radius 3 is 2.69 bits per heavy atom. The average molecular weight is 183 g/mol. The van der Waals surface area contributed by atoms with Crippen LogP contribution in [0.25, 0.3) is 0 Å². The van der Waals surface area contributed by atoms with Crippen molar-refractivity contribution in [1.82, 2.24) is 4.90 Å². The van der Waals surface area contributed by atoms with Gasteiger partial charge in [0.25, 0.3) is 0 Å². The minimum Gasteiger partial charge on any atom is -0.304 e. The first-order valence-electron chi connectivity index (χ1n) is 6.09. The van der Waals surface area contributed by atoms with Gasteiger partial charge in [0.2, 0.25) is 0 Å². The second-order valence-electron chi connectivity index (χ2n) is 4.37. The molecule has 1 fully saturated rings. The first-order valence-corrected chi connectivity index (χ1v) is 6.09. The summed E-state index contributed by atoms with van der Waals surface area (Å²) in [5, 5.41) is 0. The quantitative estimate of drug-likeness (QED) is 0.646. The van der Waals surface area contributed by atoms with Gasteiger partial charge < -0.3 is 4.90 Å². The number of likely N-dealkylation sites (tertiary alicyclic amines) is 1. The van der Waals surface area contributed by atoms with E-state index in [4.69, 9.17) is 0 Å². The Kier molecular flexibility index (Phi) is 5.45. The lowest BCUT2D eigenvalue weighted by molar-refractivity contribution is 0.293. The third-order valence-corrected chi connectivity index (χ3v) is 3.35. The van der Waals surface area contributed by atoms with Crippen LogP contribution in [0.3, 0.4) is 0 Å². The molecular weight excluding hydrogens is 158 g/mol. The van der Waals surface area contributed by atoms with Crippen molar-refractivity contribution < 1.29 is 0 Å². The number of rotatable bonds is 4. The highest BCUT2D eigenvalue weighted by atomic mass is 15.1. The summed E-state index contributed by atoms with van der Waals surface area (Å²) in [6.07, 6.45) is 8.66. The maximum atomic E-state index is 2.60. The predicted octanol–water partition coefficient (Wildman–Crippen LogP) is 3.30. The summed E-state index contributed by atoms with van der Waals surface area (Å²) in [7, 11) is 0. The van der Waals surface area contributed by atoms with Crippen molar-refractivity contribution in [2.24, 2.45) is 5.92 Å². The van der Waals surface area contributed by atoms with E-state index in [1.807, 2.05) is 0 Å². The number of unbranched alkanes of at least 4 members (excludes halogenated alkanes) is 1. The van der Waals surface area contributed by atoms with E-state index in [-0.39, 0.29) is 0 Å². The molecule has 0 radical (unpaired) electrons. The SMILES string of the molecule is CCCCC1CCCN(CC)CC1. The zero-order valence-electron chi connectivity index (χ0n) is 9.39. The lowest BCUT2D eigenvalue weighted by Gasteiger charge is -2.17. The summed E-state index contributed by atoms with van der Waals surface area (Å²) in [5.41, 5.74) is 0. The molecular formula is C12H25N. The third-order valence-electron chi connectivity index (χ3n) is 3.35. The molecule has 1 atom stereocenters. The van der Waals surface area contributed by atoms with Crippen molar-refractivity contribution in [2.45, 2.75) is 52.4 Å². The van der Waals surface area contributed by atoms with Crippen LogP contribution in [0, 0.1) is 5.92 Å². The van der Waals surface area contributed by atoms with Crippen molar-refractivity contribution in [3.8, 4) is 0 Å². The van der Waals surface area contributed by atoms with Crippen LogP contribution in [-0.2, 0) is 0 Å². The summed E-state index contributed by atoms with van der Waals surface area (Å²) < 4.78 is 0. The maximum absolute atomic E-state index is 2.60. The van der Waals surface area contributed by atoms with E-state index in [2.05, 4.69) is 18.7 Å². The fourth-order valence-corrected chi connectivity index (χ4v) is 2.32. The van der Waals surface area contributed by atoms with Crippen molar-refractivity contribution in [2.75, 3.05) is 19.6 Å². The molecule has 0 aromatic rings. The Morgan fingerprint density at radius 1 is 1.15 bits per heavy atom. The molecule has 1 heterocycles. The highest BCUT2D eigenvalue weighted by molar-refractivity contribution is 4.69. The zero-order chi connectivity index (χ0) is 9.52. The predicted molar refractivity (Wildman–Crippen MR) is 59.0 cm³/mol. The molecule has 0 aromatic carbocycles. The molecule has 1 unspecified atom stereocenters. The molecule has 0 aliphatic carbocycles. The van der Waals surface area contributed by atoms with Gasteiger partial charge in [-0.1, -0.05) is 33.1 Å². The first kappa shape index (κ1) is 11.0.